The molecule has 0 aromatic heterocycles. The van der Waals surface area contributed by atoms with Crippen LogP contribution in [0.4, 0.5) is 16.2 Å². The minimum Gasteiger partial charge on any atom is -0.426 e. The maximum absolute atomic E-state index is 11.0. The van der Waals surface area contributed by atoms with Crippen molar-refractivity contribution in [2.45, 2.75) is 26.0 Å². The number of nitrogens with one attached hydrogen (secondary N) is 1. The highest BCUT2D eigenvalue weighted by molar-refractivity contribution is 5.94. The van der Waals surface area contributed by atoms with Crippen LogP contribution in [0.5, 0.6) is 0 Å². The third-order valence-corrected chi connectivity index (χ3v) is 2.46. The van der Waals surface area contributed by atoms with E-state index >= 15 is 0 Å². The molecule has 1 rings (SSSR count). The SMILES string of the molecule is CCCC(Nc1ccc(C(N)=O)cc1N)OC(N)=O. The van der Waals surface area contributed by atoms with Crippen LogP contribution in [-0.4, -0.2) is 18.2 Å². The lowest BCUT2D eigenvalue weighted by atomic mass is 10.1. The van der Waals surface area contributed by atoms with Crippen molar-refractivity contribution >= 4 is 23.4 Å². The van der Waals surface area contributed by atoms with Crippen LogP contribution in [0.25, 0.3) is 0 Å². The van der Waals surface area contributed by atoms with Crippen molar-refractivity contribution in [3.8, 4) is 0 Å². The predicted molar refractivity (Wildman–Crippen MR) is 72.4 cm³/mol. The van der Waals surface area contributed by atoms with E-state index < -0.39 is 18.2 Å². The monoisotopic (exact) mass is 266 g/mol. The van der Waals surface area contributed by atoms with Crippen LogP contribution in [-0.2, 0) is 4.74 Å². The molecule has 1 aromatic rings. The number of carbonyl (C=O) groups excluding carboxylic acids is 2. The zero-order valence-corrected chi connectivity index (χ0v) is 10.7. The number of nitrogen functional groups attached to an aromatic ring is 1. The Labute approximate surface area is 111 Å². The fraction of sp³-hybridized carbons (Fsp3) is 0.333. The predicted octanol–water partition coefficient (Wildman–Crippen LogP) is 1.00. The fourth-order valence-electron chi connectivity index (χ4n) is 1.58. The van der Waals surface area contributed by atoms with Gasteiger partial charge in [-0.2, -0.15) is 0 Å². The zero-order chi connectivity index (χ0) is 14.4. The Morgan fingerprint density at radius 3 is 2.53 bits per heavy atom. The summed E-state index contributed by atoms with van der Waals surface area (Å²) in [5.74, 6) is -0.559. The number of nitrogens with two attached hydrogens (primary N) is 3. The van der Waals surface area contributed by atoms with Crippen molar-refractivity contribution in [1.82, 2.24) is 0 Å². The fourth-order valence-corrected chi connectivity index (χ4v) is 1.58. The quantitative estimate of drug-likeness (QED) is 0.450. The molecule has 0 radical (unpaired) electrons. The van der Waals surface area contributed by atoms with Crippen LogP contribution in [0.3, 0.4) is 0 Å². The van der Waals surface area contributed by atoms with E-state index in [-0.39, 0.29) is 0 Å². The third-order valence-electron chi connectivity index (χ3n) is 2.46. The Hall–Kier alpha value is -2.44. The molecular weight excluding hydrogens is 248 g/mol. The molecule has 19 heavy (non-hydrogen) atoms. The van der Waals surface area contributed by atoms with Gasteiger partial charge >= 0.3 is 6.09 Å². The minimum absolute atomic E-state index is 0.311. The normalized spacial score (nSPS) is 11.6. The Balaban J connectivity index is 2.84. The van der Waals surface area contributed by atoms with Crippen molar-refractivity contribution in [2.24, 2.45) is 11.5 Å². The summed E-state index contributed by atoms with van der Waals surface area (Å²) in [5.41, 5.74) is 17.1. The molecule has 0 aliphatic heterocycles. The molecule has 0 spiro atoms. The van der Waals surface area contributed by atoms with E-state index in [0.717, 1.165) is 6.42 Å². The number of hydrogen-bond donors (Lipinski definition) is 4. The number of anilines is 2. The maximum atomic E-state index is 11.0. The molecular formula is C12H18N4O3. The van der Waals surface area contributed by atoms with E-state index in [0.29, 0.717) is 23.4 Å². The second-order valence-corrected chi connectivity index (χ2v) is 4.02. The summed E-state index contributed by atoms with van der Waals surface area (Å²) >= 11 is 0. The molecule has 2 amide bonds. The van der Waals surface area contributed by atoms with Gasteiger partial charge in [-0.3, -0.25) is 4.79 Å². The van der Waals surface area contributed by atoms with E-state index in [2.05, 4.69) is 5.32 Å². The van der Waals surface area contributed by atoms with Crippen molar-refractivity contribution in [3.05, 3.63) is 23.8 Å². The number of benzene rings is 1. The number of amides is 2. The molecule has 7 N–H and O–H groups in total. The zero-order valence-electron chi connectivity index (χ0n) is 10.7. The van der Waals surface area contributed by atoms with E-state index in [1.807, 2.05) is 6.92 Å². The lowest BCUT2D eigenvalue weighted by molar-refractivity contribution is 0.1000. The Bertz CT molecular complexity index is 476. The average Bonchev–Trinajstić information content (AvgIpc) is 2.31. The molecule has 0 fully saturated rings. The smallest absolute Gasteiger partial charge is 0.406 e. The highest BCUT2D eigenvalue weighted by Crippen LogP contribution is 2.21. The third kappa shape index (κ3) is 4.38. The standard InChI is InChI=1S/C12H18N4O3/c1-2-3-10(19-12(15)18)16-9-5-4-7(11(14)17)6-8(9)13/h4-6,10,16H,2-3,13H2,1H3,(H2,14,17)(H2,15,18). The number of carbonyl (C=O) groups is 2. The lowest BCUT2D eigenvalue weighted by Crippen LogP contribution is -2.29. The molecule has 0 aliphatic carbocycles. The molecule has 1 unspecified atom stereocenters. The number of ether oxygens (including phenoxy) is 1. The first kappa shape index (κ1) is 14.6. The van der Waals surface area contributed by atoms with Crippen LogP contribution >= 0.6 is 0 Å². The Kier molecular flexibility index (Phi) is 4.99. The molecule has 104 valence electrons. The van der Waals surface area contributed by atoms with Crippen LogP contribution in [0.2, 0.25) is 0 Å². The summed E-state index contributed by atoms with van der Waals surface area (Å²) in [7, 11) is 0. The Morgan fingerprint density at radius 1 is 1.37 bits per heavy atom. The van der Waals surface area contributed by atoms with E-state index in [1.165, 1.54) is 12.1 Å². The summed E-state index contributed by atoms with van der Waals surface area (Å²) < 4.78 is 4.91. The molecule has 0 bridgehead atoms. The topological polar surface area (TPSA) is 133 Å². The van der Waals surface area contributed by atoms with Gasteiger partial charge in [-0.1, -0.05) is 13.3 Å². The highest BCUT2D eigenvalue weighted by atomic mass is 16.6. The lowest BCUT2D eigenvalue weighted by Gasteiger charge is -2.19. The van der Waals surface area contributed by atoms with Gasteiger partial charge in [-0.15, -0.1) is 0 Å². The second-order valence-electron chi connectivity index (χ2n) is 4.02. The molecule has 0 aliphatic rings. The van der Waals surface area contributed by atoms with E-state index in [4.69, 9.17) is 21.9 Å². The Morgan fingerprint density at radius 2 is 2.05 bits per heavy atom. The summed E-state index contributed by atoms with van der Waals surface area (Å²) in [6, 6.07) is 4.59. The summed E-state index contributed by atoms with van der Waals surface area (Å²) in [4.78, 5) is 21.8. The van der Waals surface area contributed by atoms with Gasteiger partial charge < -0.3 is 27.3 Å². The molecule has 7 nitrogen and oxygen atoms in total. The van der Waals surface area contributed by atoms with Gasteiger partial charge in [0, 0.05) is 12.0 Å². The van der Waals surface area contributed by atoms with Gasteiger partial charge in [-0.05, 0) is 18.2 Å². The van der Waals surface area contributed by atoms with E-state index in [1.54, 1.807) is 6.07 Å². The number of primary amides is 2. The van der Waals surface area contributed by atoms with Crippen molar-refractivity contribution < 1.29 is 14.3 Å². The molecule has 7 heteroatoms. The first-order chi connectivity index (χ1) is 8.93. The average molecular weight is 266 g/mol. The molecule has 0 heterocycles. The van der Waals surface area contributed by atoms with Gasteiger partial charge in [0.05, 0.1) is 11.4 Å². The molecule has 0 saturated heterocycles. The van der Waals surface area contributed by atoms with Crippen molar-refractivity contribution in [1.29, 1.82) is 0 Å². The number of hydrogen-bond acceptors (Lipinski definition) is 5. The largest absolute Gasteiger partial charge is 0.426 e. The second kappa shape index (κ2) is 6.48. The maximum Gasteiger partial charge on any atom is 0.406 e. The summed E-state index contributed by atoms with van der Waals surface area (Å²) in [6.45, 7) is 1.94. The first-order valence-electron chi connectivity index (χ1n) is 5.86. The summed E-state index contributed by atoms with van der Waals surface area (Å²) in [6.07, 6.45) is -0.0491. The molecule has 1 aromatic carbocycles. The molecule has 1 atom stereocenters. The van der Waals surface area contributed by atoms with Gasteiger partial charge in [0.15, 0.2) is 6.23 Å². The van der Waals surface area contributed by atoms with Crippen molar-refractivity contribution in [3.63, 3.8) is 0 Å². The number of rotatable bonds is 6. The van der Waals surface area contributed by atoms with Crippen molar-refractivity contribution in [2.75, 3.05) is 11.1 Å². The minimum atomic E-state index is -0.863. The van der Waals surface area contributed by atoms with Gasteiger partial charge in [0.25, 0.3) is 0 Å². The first-order valence-corrected chi connectivity index (χ1v) is 5.86. The van der Waals surface area contributed by atoms with Gasteiger partial charge in [0.1, 0.15) is 0 Å². The van der Waals surface area contributed by atoms with E-state index in [9.17, 15) is 9.59 Å². The van der Waals surface area contributed by atoms with Crippen LogP contribution in [0.15, 0.2) is 18.2 Å². The van der Waals surface area contributed by atoms with Crippen LogP contribution in [0.1, 0.15) is 30.1 Å². The van der Waals surface area contributed by atoms with Gasteiger partial charge in [-0.25, -0.2) is 4.79 Å². The molecule has 0 saturated carbocycles. The summed E-state index contributed by atoms with van der Waals surface area (Å²) in [5, 5.41) is 2.95. The van der Waals surface area contributed by atoms with Crippen LogP contribution < -0.4 is 22.5 Å². The van der Waals surface area contributed by atoms with Gasteiger partial charge in [0.2, 0.25) is 5.91 Å². The highest BCUT2D eigenvalue weighted by Gasteiger charge is 2.13. The van der Waals surface area contributed by atoms with Crippen LogP contribution in [0, 0.1) is 0 Å².